The molecule has 10 heteroatoms. The Morgan fingerprint density at radius 3 is 2.50 bits per heavy atom. The molecule has 144 valence electrons. The van der Waals surface area contributed by atoms with Crippen molar-refractivity contribution in [1.82, 2.24) is 10.8 Å². The second-order valence-electron chi connectivity index (χ2n) is 5.86. The van der Waals surface area contributed by atoms with Crippen molar-refractivity contribution in [2.75, 3.05) is 6.54 Å². The van der Waals surface area contributed by atoms with E-state index in [0.29, 0.717) is 12.8 Å². The molecule has 2 aromatic heterocycles. The smallest absolute Gasteiger partial charge is 0.268 e. The van der Waals surface area contributed by atoms with Gasteiger partial charge in [0.2, 0.25) is 0 Å². The van der Waals surface area contributed by atoms with E-state index in [4.69, 9.17) is 5.21 Å². The Balaban J connectivity index is 1.88. The fourth-order valence-corrected chi connectivity index (χ4v) is 4.88. The molecular formula is C16H19BrF2N2O3S2. The Kier molecular flexibility index (Phi) is 7.68. The summed E-state index contributed by atoms with van der Waals surface area (Å²) in [6.45, 7) is 1.09. The van der Waals surface area contributed by atoms with Crippen molar-refractivity contribution in [3.05, 3.63) is 32.9 Å². The molecule has 0 saturated heterocycles. The molecule has 5 nitrogen and oxygen atoms in total. The number of carbonyl (C=O) groups excluding carboxylic acids is 1. The minimum absolute atomic E-state index is 0.235. The third-order valence-electron chi connectivity index (χ3n) is 3.82. The molecule has 2 atom stereocenters. The van der Waals surface area contributed by atoms with E-state index in [9.17, 15) is 18.7 Å². The van der Waals surface area contributed by atoms with Crippen LogP contribution in [0.3, 0.4) is 0 Å². The van der Waals surface area contributed by atoms with Gasteiger partial charge in [0.25, 0.3) is 12.3 Å². The molecule has 0 unspecified atom stereocenters. The van der Waals surface area contributed by atoms with E-state index in [-0.39, 0.29) is 6.54 Å². The molecule has 1 amide bonds. The SMILES string of the molecule is C[C@@](O)(C(F)F)[C@H](NCCCc1ccc(-c2ccc(Br)s2)s1)C(=O)NO. The zero-order valence-electron chi connectivity index (χ0n) is 13.8. The maximum atomic E-state index is 12.9. The van der Waals surface area contributed by atoms with Crippen LogP contribution in [0.15, 0.2) is 28.1 Å². The zero-order chi connectivity index (χ0) is 19.3. The van der Waals surface area contributed by atoms with Crippen LogP contribution in [0.5, 0.6) is 0 Å². The van der Waals surface area contributed by atoms with Gasteiger partial charge < -0.3 is 10.4 Å². The van der Waals surface area contributed by atoms with Gasteiger partial charge in [-0.15, -0.1) is 22.7 Å². The molecule has 0 saturated carbocycles. The van der Waals surface area contributed by atoms with E-state index in [2.05, 4.69) is 21.2 Å². The van der Waals surface area contributed by atoms with E-state index in [1.807, 2.05) is 24.3 Å². The fraction of sp³-hybridized carbons (Fsp3) is 0.438. The lowest BCUT2D eigenvalue weighted by molar-refractivity contribution is -0.150. The van der Waals surface area contributed by atoms with Gasteiger partial charge >= 0.3 is 0 Å². The first-order valence-electron chi connectivity index (χ1n) is 7.78. The molecule has 26 heavy (non-hydrogen) atoms. The predicted molar refractivity (Wildman–Crippen MR) is 102 cm³/mol. The lowest BCUT2D eigenvalue weighted by atomic mass is 9.96. The van der Waals surface area contributed by atoms with Gasteiger partial charge in [0.05, 0.1) is 3.79 Å². The first kappa shape index (κ1) is 21.4. The number of aryl methyl sites for hydroxylation is 1. The molecule has 0 radical (unpaired) electrons. The number of nitrogens with one attached hydrogen (secondary N) is 2. The van der Waals surface area contributed by atoms with Crippen LogP contribution in [0.25, 0.3) is 9.75 Å². The topological polar surface area (TPSA) is 81.6 Å². The quantitative estimate of drug-likeness (QED) is 0.257. The number of hydrogen-bond acceptors (Lipinski definition) is 6. The van der Waals surface area contributed by atoms with E-state index in [1.54, 1.807) is 22.7 Å². The summed E-state index contributed by atoms with van der Waals surface area (Å²) >= 11 is 6.73. The van der Waals surface area contributed by atoms with E-state index >= 15 is 0 Å². The summed E-state index contributed by atoms with van der Waals surface area (Å²) in [7, 11) is 0. The molecule has 2 heterocycles. The first-order valence-corrected chi connectivity index (χ1v) is 10.2. The van der Waals surface area contributed by atoms with Crippen LogP contribution in [0.1, 0.15) is 18.2 Å². The number of carbonyl (C=O) groups is 1. The van der Waals surface area contributed by atoms with E-state index < -0.39 is 24.0 Å². The molecule has 0 aliphatic rings. The van der Waals surface area contributed by atoms with Crippen LogP contribution in [0.2, 0.25) is 0 Å². The highest BCUT2D eigenvalue weighted by molar-refractivity contribution is 9.11. The van der Waals surface area contributed by atoms with Gasteiger partial charge in [0, 0.05) is 14.6 Å². The van der Waals surface area contributed by atoms with Crippen molar-refractivity contribution in [3.63, 3.8) is 0 Å². The summed E-state index contributed by atoms with van der Waals surface area (Å²) in [5.74, 6) is -1.10. The fourth-order valence-electron chi connectivity index (χ4n) is 2.36. The van der Waals surface area contributed by atoms with Crippen LogP contribution in [0.4, 0.5) is 8.78 Å². The number of halogens is 3. The highest BCUT2D eigenvalue weighted by Crippen LogP contribution is 2.35. The molecule has 0 fully saturated rings. The largest absolute Gasteiger partial charge is 0.382 e. The Labute approximate surface area is 166 Å². The average molecular weight is 469 g/mol. The molecule has 2 rings (SSSR count). The summed E-state index contributed by atoms with van der Waals surface area (Å²) < 4.78 is 27.0. The first-order chi connectivity index (χ1) is 12.3. The third kappa shape index (κ3) is 5.30. The number of alkyl halides is 2. The van der Waals surface area contributed by atoms with Gasteiger partial charge in [0.1, 0.15) is 11.6 Å². The molecule has 0 spiro atoms. The van der Waals surface area contributed by atoms with E-state index in [1.165, 1.54) is 10.4 Å². The molecule has 0 aliphatic heterocycles. The number of thiophene rings is 2. The monoisotopic (exact) mass is 468 g/mol. The highest BCUT2D eigenvalue weighted by Gasteiger charge is 2.44. The normalized spacial score (nSPS) is 15.0. The average Bonchev–Trinajstić information content (AvgIpc) is 3.22. The zero-order valence-corrected chi connectivity index (χ0v) is 17.1. The Morgan fingerprint density at radius 1 is 1.27 bits per heavy atom. The van der Waals surface area contributed by atoms with Crippen molar-refractivity contribution in [2.45, 2.75) is 37.8 Å². The lowest BCUT2D eigenvalue weighted by Gasteiger charge is -2.31. The van der Waals surface area contributed by atoms with Crippen molar-refractivity contribution >= 4 is 44.5 Å². The molecule has 0 bridgehead atoms. The van der Waals surface area contributed by atoms with Crippen molar-refractivity contribution in [1.29, 1.82) is 0 Å². The molecule has 0 aromatic carbocycles. The second-order valence-corrected chi connectivity index (χ2v) is 9.49. The summed E-state index contributed by atoms with van der Waals surface area (Å²) in [6.07, 6.45) is -1.85. The predicted octanol–water partition coefficient (Wildman–Crippen LogP) is 3.65. The van der Waals surface area contributed by atoms with Crippen molar-refractivity contribution in [2.24, 2.45) is 0 Å². The highest BCUT2D eigenvalue weighted by atomic mass is 79.9. The van der Waals surface area contributed by atoms with Crippen LogP contribution in [-0.2, 0) is 11.2 Å². The molecule has 2 aromatic rings. The number of hydrogen-bond donors (Lipinski definition) is 4. The summed E-state index contributed by atoms with van der Waals surface area (Å²) in [5, 5.41) is 21.1. The lowest BCUT2D eigenvalue weighted by Crippen LogP contribution is -2.60. The molecule has 0 aliphatic carbocycles. The standard InChI is InChI=1S/C16H19BrF2N2O3S2/c1-16(23,15(18)19)13(14(22)21-24)20-8-2-3-9-4-5-10(25-9)11-6-7-12(17)26-11/h4-7,13,15,20,23-24H,2-3,8H2,1H3,(H,21,22)/t13-,16+/m1/s1. The van der Waals surface area contributed by atoms with Crippen LogP contribution < -0.4 is 10.8 Å². The Hall–Kier alpha value is -0.910. The van der Waals surface area contributed by atoms with Crippen molar-refractivity contribution < 1.29 is 23.9 Å². The Morgan fingerprint density at radius 2 is 1.92 bits per heavy atom. The van der Waals surface area contributed by atoms with Crippen LogP contribution >= 0.6 is 38.6 Å². The van der Waals surface area contributed by atoms with Gasteiger partial charge in [-0.05, 0) is 66.5 Å². The minimum Gasteiger partial charge on any atom is -0.382 e. The summed E-state index contributed by atoms with van der Waals surface area (Å²) in [5.41, 5.74) is -1.28. The van der Waals surface area contributed by atoms with Gasteiger partial charge in [0.15, 0.2) is 0 Å². The van der Waals surface area contributed by atoms with E-state index in [0.717, 1.165) is 20.5 Å². The van der Waals surface area contributed by atoms with Gasteiger partial charge in [-0.1, -0.05) is 0 Å². The molecule has 4 N–H and O–H groups in total. The minimum atomic E-state index is -3.14. The number of hydroxylamine groups is 1. The maximum absolute atomic E-state index is 12.9. The van der Waals surface area contributed by atoms with Crippen molar-refractivity contribution in [3.8, 4) is 9.75 Å². The van der Waals surface area contributed by atoms with Gasteiger partial charge in [-0.25, -0.2) is 14.3 Å². The van der Waals surface area contributed by atoms with Crippen LogP contribution in [0, 0.1) is 0 Å². The molecular weight excluding hydrogens is 450 g/mol. The third-order valence-corrected chi connectivity index (χ3v) is 6.79. The number of aliphatic hydroxyl groups is 1. The second kappa shape index (κ2) is 9.34. The number of rotatable bonds is 9. The van der Waals surface area contributed by atoms with Gasteiger partial charge in [-0.3, -0.25) is 10.0 Å². The number of amides is 1. The maximum Gasteiger partial charge on any atom is 0.268 e. The van der Waals surface area contributed by atoms with Crippen LogP contribution in [-0.4, -0.2) is 40.8 Å². The summed E-state index contributed by atoms with van der Waals surface area (Å²) in [6, 6.07) is 6.46. The Bertz CT molecular complexity index is 737. The van der Waals surface area contributed by atoms with Gasteiger partial charge in [-0.2, -0.15) is 0 Å². The summed E-state index contributed by atoms with van der Waals surface area (Å²) in [4.78, 5) is 15.0.